The van der Waals surface area contributed by atoms with Gasteiger partial charge < -0.3 is 10.1 Å². The van der Waals surface area contributed by atoms with Crippen LogP contribution in [-0.2, 0) is 15.8 Å². The second-order valence-electron chi connectivity index (χ2n) is 6.71. The number of halogens is 3. The van der Waals surface area contributed by atoms with Gasteiger partial charge in [-0.2, -0.15) is 23.3 Å². The van der Waals surface area contributed by atoms with Crippen molar-refractivity contribution in [1.29, 1.82) is 0 Å². The Balaban J connectivity index is 1.50. The Morgan fingerprint density at radius 3 is 2.74 bits per heavy atom. The average molecular weight is 431 g/mol. The van der Waals surface area contributed by atoms with Crippen LogP contribution in [0.4, 0.5) is 24.8 Å². The highest BCUT2D eigenvalue weighted by atomic mass is 19.4. The number of carbonyl (C=O) groups is 2. The summed E-state index contributed by atoms with van der Waals surface area (Å²) in [6, 6.07) is 10.9. The Kier molecular flexibility index (Phi) is 5.32. The highest BCUT2D eigenvalue weighted by molar-refractivity contribution is 5.93. The van der Waals surface area contributed by atoms with Crippen LogP contribution in [0.5, 0.6) is 5.75 Å². The van der Waals surface area contributed by atoms with Crippen molar-refractivity contribution < 1.29 is 27.5 Å². The molecule has 4 rings (SSSR count). The molecule has 2 amide bonds. The topological polar surface area (TPSA) is 98.1 Å². The first-order valence-electron chi connectivity index (χ1n) is 9.20. The molecule has 2 heterocycles. The van der Waals surface area contributed by atoms with Crippen molar-refractivity contribution in [2.24, 2.45) is 0 Å². The first-order chi connectivity index (χ1) is 14.8. The van der Waals surface area contributed by atoms with Gasteiger partial charge in [-0.15, -0.1) is 0 Å². The molecule has 0 radical (unpaired) electrons. The molecule has 0 saturated carbocycles. The van der Waals surface area contributed by atoms with Crippen molar-refractivity contribution in [1.82, 2.24) is 14.8 Å². The fourth-order valence-electron chi connectivity index (χ4n) is 3.30. The van der Waals surface area contributed by atoms with Gasteiger partial charge in [0.25, 0.3) is 5.91 Å². The van der Waals surface area contributed by atoms with Gasteiger partial charge in [-0.25, -0.2) is 4.68 Å². The number of hydrogen-bond acceptors (Lipinski definition) is 5. The summed E-state index contributed by atoms with van der Waals surface area (Å²) in [5, 5.41) is 8.96. The SMILES string of the molecule is O=C(COc1ccccc1[C@@H]1CC(=O)Nc2ncnn21)Nc1ccccc1C(F)(F)F. The highest BCUT2D eigenvalue weighted by Gasteiger charge is 2.34. The summed E-state index contributed by atoms with van der Waals surface area (Å²) >= 11 is 0. The number of carbonyl (C=O) groups excluding carboxylic acids is 2. The molecule has 0 unspecified atom stereocenters. The van der Waals surface area contributed by atoms with E-state index in [1.165, 1.54) is 29.2 Å². The van der Waals surface area contributed by atoms with E-state index in [4.69, 9.17) is 4.74 Å². The molecule has 0 saturated heterocycles. The number of benzene rings is 2. The summed E-state index contributed by atoms with van der Waals surface area (Å²) in [5.74, 6) is -0.406. The van der Waals surface area contributed by atoms with Crippen LogP contribution in [-0.4, -0.2) is 33.2 Å². The number of anilines is 2. The minimum atomic E-state index is -4.60. The van der Waals surface area contributed by atoms with Crippen LogP contribution in [0.2, 0.25) is 0 Å². The molecular weight excluding hydrogens is 415 g/mol. The van der Waals surface area contributed by atoms with E-state index < -0.39 is 30.3 Å². The predicted octanol–water partition coefficient (Wildman–Crippen LogP) is 3.25. The maximum absolute atomic E-state index is 13.1. The van der Waals surface area contributed by atoms with Gasteiger partial charge in [0.1, 0.15) is 12.1 Å². The maximum Gasteiger partial charge on any atom is 0.418 e. The lowest BCUT2D eigenvalue weighted by molar-refractivity contribution is -0.137. The maximum atomic E-state index is 13.1. The van der Waals surface area contributed by atoms with Crippen LogP contribution >= 0.6 is 0 Å². The molecular formula is C20H16F3N5O3. The van der Waals surface area contributed by atoms with E-state index in [1.54, 1.807) is 24.3 Å². The van der Waals surface area contributed by atoms with E-state index in [2.05, 4.69) is 20.7 Å². The molecule has 0 bridgehead atoms. The lowest BCUT2D eigenvalue weighted by atomic mass is 10.0. The molecule has 3 aromatic rings. The first kappa shape index (κ1) is 20.4. The van der Waals surface area contributed by atoms with Gasteiger partial charge in [0.05, 0.1) is 23.7 Å². The fraction of sp³-hybridized carbons (Fsp3) is 0.200. The quantitative estimate of drug-likeness (QED) is 0.646. The van der Waals surface area contributed by atoms with Crippen LogP contribution in [0.25, 0.3) is 0 Å². The Morgan fingerprint density at radius 2 is 1.94 bits per heavy atom. The third-order valence-corrected chi connectivity index (χ3v) is 4.64. The van der Waals surface area contributed by atoms with Gasteiger partial charge in [-0.1, -0.05) is 30.3 Å². The molecule has 1 atom stereocenters. The minimum absolute atomic E-state index is 0.0852. The summed E-state index contributed by atoms with van der Waals surface area (Å²) in [6.45, 7) is -0.521. The molecule has 2 aromatic carbocycles. The molecule has 8 nitrogen and oxygen atoms in total. The van der Waals surface area contributed by atoms with Crippen LogP contribution in [0.15, 0.2) is 54.9 Å². The number of para-hydroxylation sites is 2. The van der Waals surface area contributed by atoms with Gasteiger partial charge >= 0.3 is 6.18 Å². The van der Waals surface area contributed by atoms with Gasteiger partial charge in [0, 0.05) is 5.56 Å². The van der Waals surface area contributed by atoms with E-state index in [0.717, 1.165) is 6.07 Å². The lowest BCUT2D eigenvalue weighted by Crippen LogP contribution is -2.30. The zero-order valence-electron chi connectivity index (χ0n) is 15.9. The second-order valence-corrected chi connectivity index (χ2v) is 6.71. The van der Waals surface area contributed by atoms with Crippen LogP contribution < -0.4 is 15.4 Å². The van der Waals surface area contributed by atoms with Crippen molar-refractivity contribution >= 4 is 23.5 Å². The van der Waals surface area contributed by atoms with Crippen LogP contribution in [0.3, 0.4) is 0 Å². The molecule has 11 heteroatoms. The molecule has 0 aliphatic carbocycles. The van der Waals surface area contributed by atoms with E-state index >= 15 is 0 Å². The van der Waals surface area contributed by atoms with Gasteiger partial charge in [-0.3, -0.25) is 14.9 Å². The Bertz CT molecular complexity index is 1130. The fourth-order valence-corrected chi connectivity index (χ4v) is 3.30. The minimum Gasteiger partial charge on any atom is -0.483 e. The van der Waals surface area contributed by atoms with E-state index in [1.807, 2.05) is 0 Å². The molecule has 0 spiro atoms. The summed E-state index contributed by atoms with van der Waals surface area (Å²) in [6.07, 6.45) is -3.21. The number of nitrogens with zero attached hydrogens (tertiary/aromatic N) is 3. The van der Waals surface area contributed by atoms with Crippen molar-refractivity contribution in [3.05, 3.63) is 66.0 Å². The van der Waals surface area contributed by atoms with Crippen molar-refractivity contribution in [3.8, 4) is 5.75 Å². The van der Waals surface area contributed by atoms with Crippen LogP contribution in [0, 0.1) is 0 Å². The standard InChI is InChI=1S/C20H16F3N5O3/c21-20(22,23)13-6-2-3-7-14(13)26-18(30)10-31-16-8-4-1-5-12(16)15-9-17(29)27-19-24-11-25-28(15)19/h1-8,11,15H,9-10H2,(H,26,30)(H,24,25,27,29)/t15-/m0/s1. The monoisotopic (exact) mass is 431 g/mol. The Morgan fingerprint density at radius 1 is 1.19 bits per heavy atom. The van der Waals surface area contributed by atoms with Crippen LogP contribution in [0.1, 0.15) is 23.6 Å². The van der Waals surface area contributed by atoms with Crippen molar-refractivity contribution in [2.75, 3.05) is 17.2 Å². The normalized spacial score (nSPS) is 15.7. The number of nitrogens with one attached hydrogen (secondary N) is 2. The predicted molar refractivity (Wildman–Crippen MR) is 103 cm³/mol. The number of ether oxygens (including phenoxy) is 1. The second kappa shape index (κ2) is 8.09. The zero-order chi connectivity index (χ0) is 22.0. The lowest BCUT2D eigenvalue weighted by Gasteiger charge is -2.25. The molecule has 1 aromatic heterocycles. The summed E-state index contributed by atoms with van der Waals surface area (Å²) < 4.78 is 46.4. The van der Waals surface area contributed by atoms with Crippen molar-refractivity contribution in [3.63, 3.8) is 0 Å². The smallest absolute Gasteiger partial charge is 0.418 e. The van der Waals surface area contributed by atoms with Crippen molar-refractivity contribution in [2.45, 2.75) is 18.6 Å². The number of alkyl halides is 3. The first-order valence-corrected chi connectivity index (χ1v) is 9.20. The van der Waals surface area contributed by atoms with Gasteiger partial charge in [0.15, 0.2) is 6.61 Å². The largest absolute Gasteiger partial charge is 0.483 e. The zero-order valence-corrected chi connectivity index (χ0v) is 15.9. The molecule has 160 valence electrons. The Hall–Kier alpha value is -3.89. The Labute approximate surface area is 174 Å². The van der Waals surface area contributed by atoms with Gasteiger partial charge in [0.2, 0.25) is 11.9 Å². The molecule has 1 aliphatic heterocycles. The van der Waals surface area contributed by atoms with E-state index in [9.17, 15) is 22.8 Å². The average Bonchev–Trinajstić information content (AvgIpc) is 3.20. The third kappa shape index (κ3) is 4.34. The summed E-state index contributed by atoms with van der Waals surface area (Å²) in [4.78, 5) is 28.3. The molecule has 31 heavy (non-hydrogen) atoms. The summed E-state index contributed by atoms with van der Waals surface area (Å²) in [5.41, 5.74) is -0.712. The summed E-state index contributed by atoms with van der Waals surface area (Å²) in [7, 11) is 0. The molecule has 2 N–H and O–H groups in total. The number of aromatic nitrogens is 3. The molecule has 1 aliphatic rings. The van der Waals surface area contributed by atoms with E-state index in [-0.39, 0.29) is 24.0 Å². The number of fused-ring (bicyclic) bond motifs is 1. The number of amides is 2. The van der Waals surface area contributed by atoms with E-state index in [0.29, 0.717) is 11.3 Å². The third-order valence-electron chi connectivity index (χ3n) is 4.64. The van der Waals surface area contributed by atoms with Gasteiger partial charge in [-0.05, 0) is 18.2 Å². The highest BCUT2D eigenvalue weighted by Crippen LogP contribution is 2.35. The number of rotatable bonds is 5. The number of hydrogen-bond donors (Lipinski definition) is 2. The molecule has 0 fully saturated rings.